The van der Waals surface area contributed by atoms with Crippen molar-refractivity contribution in [1.29, 1.82) is 0 Å². The van der Waals surface area contributed by atoms with Gasteiger partial charge in [-0.3, -0.25) is 10.1 Å². The molecule has 6 nitrogen and oxygen atoms in total. The molecule has 0 aliphatic heterocycles. The number of rotatable bonds is 4. The second-order valence-electron chi connectivity index (χ2n) is 4.04. The Balaban J connectivity index is 2.37. The van der Waals surface area contributed by atoms with Crippen molar-refractivity contribution in [3.8, 4) is 0 Å². The Morgan fingerprint density at radius 2 is 2.00 bits per heavy atom. The van der Waals surface area contributed by atoms with Crippen LogP contribution in [0.3, 0.4) is 0 Å². The van der Waals surface area contributed by atoms with Crippen LogP contribution in [-0.2, 0) is 0 Å². The monoisotopic (exact) mass is 402 g/mol. The summed E-state index contributed by atoms with van der Waals surface area (Å²) in [5, 5.41) is 22.4. The van der Waals surface area contributed by atoms with E-state index in [9.17, 15) is 19.3 Å². The Labute approximate surface area is 131 Å². The number of nitro benzene ring substituents is 1. The molecule has 108 valence electrons. The van der Waals surface area contributed by atoms with Gasteiger partial charge in [0.05, 0.1) is 10.5 Å². The quantitative estimate of drug-likeness (QED) is 0.462. The van der Waals surface area contributed by atoms with Crippen LogP contribution in [0.2, 0.25) is 0 Å². The fourth-order valence-corrected chi connectivity index (χ4v) is 2.16. The zero-order chi connectivity index (χ0) is 15.6. The Kier molecular flexibility index (Phi) is 4.36. The van der Waals surface area contributed by atoms with Crippen LogP contribution in [-0.4, -0.2) is 16.0 Å². The molecule has 0 spiro atoms. The molecule has 0 aromatic heterocycles. The molecule has 2 N–H and O–H groups in total. The zero-order valence-electron chi connectivity index (χ0n) is 10.3. The number of carbonyl (C=O) groups is 1. The van der Waals surface area contributed by atoms with E-state index < -0.39 is 22.3 Å². The summed E-state index contributed by atoms with van der Waals surface area (Å²) in [6, 6.07) is 7.96. The predicted octanol–water partition coefficient (Wildman–Crippen LogP) is 3.78. The highest BCUT2D eigenvalue weighted by Gasteiger charge is 2.16. The second kappa shape index (κ2) is 6.04. The molecule has 8 heteroatoms. The van der Waals surface area contributed by atoms with Gasteiger partial charge in [0.25, 0.3) is 5.69 Å². The molecule has 2 rings (SSSR count). The van der Waals surface area contributed by atoms with E-state index in [1.807, 2.05) is 22.6 Å². The molecule has 0 aliphatic carbocycles. The van der Waals surface area contributed by atoms with E-state index in [1.54, 1.807) is 6.07 Å². The van der Waals surface area contributed by atoms with E-state index in [0.717, 1.165) is 12.1 Å². The summed E-state index contributed by atoms with van der Waals surface area (Å²) >= 11 is 1.95. The largest absolute Gasteiger partial charge is 0.478 e. The Hall–Kier alpha value is -2.23. The average molecular weight is 402 g/mol. The van der Waals surface area contributed by atoms with Gasteiger partial charge in [-0.15, -0.1) is 0 Å². The van der Waals surface area contributed by atoms with Crippen LogP contribution < -0.4 is 5.32 Å². The molecular formula is C13H8FIN2O4. The van der Waals surface area contributed by atoms with Crippen LogP contribution in [0.5, 0.6) is 0 Å². The van der Waals surface area contributed by atoms with Crippen molar-refractivity contribution in [1.82, 2.24) is 0 Å². The van der Waals surface area contributed by atoms with Crippen LogP contribution in [0.1, 0.15) is 10.4 Å². The number of nitrogens with zero attached hydrogens (tertiary/aromatic N) is 1. The fourth-order valence-electron chi connectivity index (χ4n) is 1.68. The molecule has 0 amide bonds. The third kappa shape index (κ3) is 3.45. The van der Waals surface area contributed by atoms with E-state index >= 15 is 0 Å². The normalized spacial score (nSPS) is 10.2. The molecule has 0 fully saturated rings. The summed E-state index contributed by atoms with van der Waals surface area (Å²) in [4.78, 5) is 21.2. The summed E-state index contributed by atoms with van der Waals surface area (Å²) in [7, 11) is 0. The zero-order valence-corrected chi connectivity index (χ0v) is 12.5. The topological polar surface area (TPSA) is 92.5 Å². The molecule has 2 aromatic rings. The van der Waals surface area contributed by atoms with Gasteiger partial charge in [0, 0.05) is 15.3 Å². The molecular weight excluding hydrogens is 394 g/mol. The van der Waals surface area contributed by atoms with Gasteiger partial charge in [-0.05, 0) is 52.9 Å². The van der Waals surface area contributed by atoms with Crippen molar-refractivity contribution in [2.75, 3.05) is 5.32 Å². The maximum Gasteiger partial charge on any atom is 0.338 e. The molecule has 2 aromatic carbocycles. The molecule has 0 saturated heterocycles. The first-order valence-corrected chi connectivity index (χ1v) is 6.70. The predicted molar refractivity (Wildman–Crippen MR) is 82.5 cm³/mol. The van der Waals surface area contributed by atoms with Gasteiger partial charge in [0.1, 0.15) is 11.5 Å². The van der Waals surface area contributed by atoms with E-state index in [1.165, 1.54) is 18.2 Å². The van der Waals surface area contributed by atoms with Crippen molar-refractivity contribution in [2.45, 2.75) is 0 Å². The summed E-state index contributed by atoms with van der Waals surface area (Å²) < 4.78 is 14.3. The van der Waals surface area contributed by atoms with Gasteiger partial charge in [-0.25, -0.2) is 9.18 Å². The highest BCUT2D eigenvalue weighted by atomic mass is 127. The number of aromatic carboxylic acids is 1. The minimum absolute atomic E-state index is 0.149. The third-order valence-electron chi connectivity index (χ3n) is 2.63. The summed E-state index contributed by atoms with van der Waals surface area (Å²) in [6.45, 7) is 0. The molecule has 0 bridgehead atoms. The average Bonchev–Trinajstić information content (AvgIpc) is 2.40. The lowest BCUT2D eigenvalue weighted by atomic mass is 10.2. The van der Waals surface area contributed by atoms with Gasteiger partial charge in [0.2, 0.25) is 0 Å². The van der Waals surface area contributed by atoms with Gasteiger partial charge >= 0.3 is 5.97 Å². The smallest absolute Gasteiger partial charge is 0.338 e. The van der Waals surface area contributed by atoms with Gasteiger partial charge in [-0.1, -0.05) is 0 Å². The van der Waals surface area contributed by atoms with Crippen LogP contribution in [0.25, 0.3) is 0 Å². The van der Waals surface area contributed by atoms with E-state index in [-0.39, 0.29) is 17.1 Å². The Morgan fingerprint density at radius 1 is 1.29 bits per heavy atom. The maximum absolute atomic E-state index is 13.6. The molecule has 0 heterocycles. The highest BCUT2D eigenvalue weighted by molar-refractivity contribution is 14.1. The summed E-state index contributed by atoms with van der Waals surface area (Å²) in [5.41, 5.74) is -0.188. The van der Waals surface area contributed by atoms with Gasteiger partial charge in [0.15, 0.2) is 0 Å². The van der Waals surface area contributed by atoms with Crippen LogP contribution in [0.4, 0.5) is 21.5 Å². The standard InChI is InChI=1S/C13H8FIN2O4/c14-10-6-8(2-3-9(10)13(18)19)16-11-4-1-7(15)5-12(11)17(20)21/h1-6,16H,(H,18,19). The lowest BCUT2D eigenvalue weighted by molar-refractivity contribution is -0.384. The molecule has 0 aliphatic rings. The molecule has 0 atom stereocenters. The number of carboxylic acid groups (broad SMARTS) is 1. The first kappa shape index (κ1) is 15.2. The van der Waals surface area contributed by atoms with Crippen LogP contribution >= 0.6 is 22.6 Å². The van der Waals surface area contributed by atoms with Crippen LogP contribution in [0, 0.1) is 19.5 Å². The van der Waals surface area contributed by atoms with Gasteiger partial charge < -0.3 is 10.4 Å². The fraction of sp³-hybridized carbons (Fsp3) is 0. The van der Waals surface area contributed by atoms with Crippen molar-refractivity contribution in [3.63, 3.8) is 0 Å². The molecule has 0 saturated carbocycles. The lowest BCUT2D eigenvalue weighted by Gasteiger charge is -2.08. The van der Waals surface area contributed by atoms with Crippen molar-refractivity contribution >= 4 is 45.6 Å². The van der Waals surface area contributed by atoms with Crippen molar-refractivity contribution < 1.29 is 19.2 Å². The molecule has 0 radical (unpaired) electrons. The molecule has 0 unspecified atom stereocenters. The van der Waals surface area contributed by atoms with Crippen molar-refractivity contribution in [3.05, 3.63) is 61.5 Å². The number of anilines is 2. The number of halogens is 2. The highest BCUT2D eigenvalue weighted by Crippen LogP contribution is 2.29. The van der Waals surface area contributed by atoms with Crippen molar-refractivity contribution in [2.24, 2.45) is 0 Å². The third-order valence-corrected chi connectivity index (χ3v) is 3.31. The van der Waals surface area contributed by atoms with Crippen LogP contribution in [0.15, 0.2) is 36.4 Å². The summed E-state index contributed by atoms with van der Waals surface area (Å²) in [6.07, 6.45) is 0. The SMILES string of the molecule is O=C(O)c1ccc(Nc2ccc(I)cc2[N+](=O)[O-])cc1F. The van der Waals surface area contributed by atoms with E-state index in [2.05, 4.69) is 5.32 Å². The van der Waals surface area contributed by atoms with E-state index in [4.69, 9.17) is 5.11 Å². The van der Waals surface area contributed by atoms with E-state index in [0.29, 0.717) is 3.57 Å². The minimum Gasteiger partial charge on any atom is -0.478 e. The number of hydrogen-bond acceptors (Lipinski definition) is 4. The first-order valence-electron chi connectivity index (χ1n) is 5.62. The second-order valence-corrected chi connectivity index (χ2v) is 5.29. The number of carboxylic acids is 1. The lowest BCUT2D eigenvalue weighted by Crippen LogP contribution is -2.02. The minimum atomic E-state index is -1.38. The maximum atomic E-state index is 13.6. The number of nitrogens with one attached hydrogen (secondary N) is 1. The first-order chi connectivity index (χ1) is 9.88. The molecule has 21 heavy (non-hydrogen) atoms. The Bertz CT molecular complexity index is 736. The number of nitro groups is 1. The summed E-state index contributed by atoms with van der Waals surface area (Å²) in [5.74, 6) is -2.29. The Morgan fingerprint density at radius 3 is 2.57 bits per heavy atom. The van der Waals surface area contributed by atoms with Gasteiger partial charge in [-0.2, -0.15) is 0 Å². The number of benzene rings is 2. The number of hydrogen-bond donors (Lipinski definition) is 2.